The summed E-state index contributed by atoms with van der Waals surface area (Å²) in [6, 6.07) is 15.5. The number of carbonyl (C=O) groups is 1. The van der Waals surface area contributed by atoms with Crippen molar-refractivity contribution in [1.82, 2.24) is 14.9 Å². The second kappa shape index (κ2) is 8.65. The van der Waals surface area contributed by atoms with Crippen LogP contribution in [-0.4, -0.2) is 39.1 Å². The molecule has 158 valence electrons. The molecule has 3 aromatic rings. The lowest BCUT2D eigenvalue weighted by Crippen LogP contribution is -2.39. The van der Waals surface area contributed by atoms with Crippen LogP contribution < -0.4 is 0 Å². The van der Waals surface area contributed by atoms with Gasteiger partial charge in [0.15, 0.2) is 0 Å². The predicted molar refractivity (Wildman–Crippen MR) is 119 cm³/mol. The van der Waals surface area contributed by atoms with Crippen molar-refractivity contribution in [1.29, 1.82) is 0 Å². The van der Waals surface area contributed by atoms with Crippen LogP contribution in [0, 0.1) is 0 Å². The lowest BCUT2D eigenvalue weighted by molar-refractivity contribution is -0.134. The van der Waals surface area contributed by atoms with E-state index in [-0.39, 0.29) is 11.9 Å². The summed E-state index contributed by atoms with van der Waals surface area (Å²) in [5.74, 6) is 0.715. The van der Waals surface area contributed by atoms with Crippen LogP contribution in [0.4, 0.5) is 0 Å². The van der Waals surface area contributed by atoms with Crippen molar-refractivity contribution in [2.45, 2.75) is 37.9 Å². The average molecular weight is 435 g/mol. The van der Waals surface area contributed by atoms with E-state index in [0.717, 1.165) is 35.4 Å². The number of carbonyl (C=O) groups excluding carboxylic acids is 1. The molecule has 0 radical (unpaired) electrons. The van der Waals surface area contributed by atoms with Gasteiger partial charge in [0.2, 0.25) is 0 Å². The third-order valence-electron chi connectivity index (χ3n) is 5.73. The first kappa shape index (κ1) is 20.0. The standard InChI is InChI=1S/C24H23ClN4O2/c25-19-7-5-18(6-8-19)21-13-22(23-4-2-12-31-23)29(27-21)24(30)16-28(20-9-10-20)15-17-3-1-11-26-14-17/h1-8,11-12,14,20,22H,9-10,13,15-16H2. The molecule has 1 unspecified atom stereocenters. The summed E-state index contributed by atoms with van der Waals surface area (Å²) in [4.78, 5) is 19.8. The zero-order chi connectivity index (χ0) is 21.2. The Hall–Kier alpha value is -2.96. The Kier molecular flexibility index (Phi) is 5.57. The summed E-state index contributed by atoms with van der Waals surface area (Å²) in [5.41, 5.74) is 2.93. The van der Waals surface area contributed by atoms with Crippen LogP contribution in [0.15, 0.2) is 76.7 Å². The Labute approximate surface area is 186 Å². The van der Waals surface area contributed by atoms with Gasteiger partial charge in [-0.25, -0.2) is 5.01 Å². The van der Waals surface area contributed by atoms with Gasteiger partial charge in [0.05, 0.1) is 18.5 Å². The Morgan fingerprint density at radius 2 is 2.00 bits per heavy atom. The quantitative estimate of drug-likeness (QED) is 0.542. The van der Waals surface area contributed by atoms with Crippen molar-refractivity contribution in [3.63, 3.8) is 0 Å². The van der Waals surface area contributed by atoms with E-state index in [1.165, 1.54) is 0 Å². The average Bonchev–Trinajstić information content (AvgIpc) is 3.30. The van der Waals surface area contributed by atoms with E-state index >= 15 is 0 Å². The Morgan fingerprint density at radius 1 is 1.16 bits per heavy atom. The molecule has 5 rings (SSSR count). The molecule has 2 aliphatic rings. The maximum Gasteiger partial charge on any atom is 0.257 e. The zero-order valence-electron chi connectivity index (χ0n) is 17.0. The molecule has 0 N–H and O–H groups in total. The third-order valence-corrected chi connectivity index (χ3v) is 5.98. The van der Waals surface area contributed by atoms with Crippen molar-refractivity contribution in [3.8, 4) is 0 Å². The monoisotopic (exact) mass is 434 g/mol. The molecule has 1 aliphatic carbocycles. The van der Waals surface area contributed by atoms with Gasteiger partial charge in [-0.1, -0.05) is 29.8 Å². The SMILES string of the molecule is O=C(CN(Cc1cccnc1)C1CC1)N1N=C(c2ccc(Cl)cc2)CC1c1ccco1. The first-order valence-corrected chi connectivity index (χ1v) is 10.9. The molecule has 1 aliphatic heterocycles. The molecule has 2 aromatic heterocycles. The molecule has 1 fully saturated rings. The molecule has 0 spiro atoms. The van der Waals surface area contributed by atoms with Crippen LogP contribution in [0.5, 0.6) is 0 Å². The highest BCUT2D eigenvalue weighted by Gasteiger charge is 2.37. The minimum Gasteiger partial charge on any atom is -0.467 e. The first-order chi connectivity index (χ1) is 15.2. The molecular weight excluding hydrogens is 412 g/mol. The minimum atomic E-state index is -0.243. The van der Waals surface area contributed by atoms with Gasteiger partial charge < -0.3 is 4.42 Å². The number of hydrogen-bond acceptors (Lipinski definition) is 5. The number of hydrazone groups is 1. The smallest absolute Gasteiger partial charge is 0.257 e. The van der Waals surface area contributed by atoms with E-state index in [4.69, 9.17) is 21.1 Å². The number of nitrogens with zero attached hydrogens (tertiary/aromatic N) is 4. The fraction of sp³-hybridized carbons (Fsp3) is 0.292. The van der Waals surface area contributed by atoms with Gasteiger partial charge in [-0.15, -0.1) is 0 Å². The second-order valence-corrected chi connectivity index (χ2v) is 8.46. The van der Waals surface area contributed by atoms with Crippen molar-refractivity contribution < 1.29 is 9.21 Å². The zero-order valence-corrected chi connectivity index (χ0v) is 17.8. The van der Waals surface area contributed by atoms with Crippen molar-refractivity contribution in [3.05, 3.63) is 89.1 Å². The van der Waals surface area contributed by atoms with Crippen molar-refractivity contribution >= 4 is 23.2 Å². The fourth-order valence-electron chi connectivity index (χ4n) is 3.99. The Bertz CT molecular complexity index is 1060. The maximum absolute atomic E-state index is 13.4. The van der Waals surface area contributed by atoms with Gasteiger partial charge in [0.25, 0.3) is 5.91 Å². The molecule has 0 saturated heterocycles. The molecule has 0 bridgehead atoms. The Morgan fingerprint density at radius 3 is 2.68 bits per heavy atom. The summed E-state index contributed by atoms with van der Waals surface area (Å²) in [5, 5.41) is 7.00. The number of halogens is 1. The topological polar surface area (TPSA) is 61.9 Å². The Balaban J connectivity index is 1.38. The van der Waals surface area contributed by atoms with Crippen LogP contribution >= 0.6 is 11.6 Å². The number of pyridine rings is 1. The first-order valence-electron chi connectivity index (χ1n) is 10.5. The van der Waals surface area contributed by atoms with Crippen LogP contribution in [-0.2, 0) is 11.3 Å². The van der Waals surface area contributed by atoms with E-state index in [1.54, 1.807) is 17.5 Å². The van der Waals surface area contributed by atoms with Gasteiger partial charge in [-0.2, -0.15) is 5.10 Å². The highest BCUT2D eigenvalue weighted by molar-refractivity contribution is 6.30. The number of rotatable bonds is 7. The largest absolute Gasteiger partial charge is 0.467 e. The van der Waals surface area contributed by atoms with Crippen LogP contribution in [0.2, 0.25) is 5.02 Å². The number of amides is 1. The molecule has 1 saturated carbocycles. The summed E-state index contributed by atoms with van der Waals surface area (Å²) in [7, 11) is 0. The van der Waals surface area contributed by atoms with Crippen LogP contribution in [0.25, 0.3) is 0 Å². The van der Waals surface area contributed by atoms with Crippen molar-refractivity contribution in [2.24, 2.45) is 5.10 Å². The summed E-state index contributed by atoms with van der Waals surface area (Å²) in [6.45, 7) is 1.02. The maximum atomic E-state index is 13.4. The molecule has 3 heterocycles. The molecule has 1 amide bonds. The van der Waals surface area contributed by atoms with E-state index in [9.17, 15) is 4.79 Å². The van der Waals surface area contributed by atoms with E-state index < -0.39 is 0 Å². The highest BCUT2D eigenvalue weighted by atomic mass is 35.5. The summed E-state index contributed by atoms with van der Waals surface area (Å²) < 4.78 is 5.65. The lowest BCUT2D eigenvalue weighted by Gasteiger charge is -2.25. The summed E-state index contributed by atoms with van der Waals surface area (Å²) in [6.07, 6.45) is 8.10. The minimum absolute atomic E-state index is 0.0267. The highest BCUT2D eigenvalue weighted by Crippen LogP contribution is 2.34. The number of benzene rings is 1. The molecular formula is C24H23ClN4O2. The van der Waals surface area contributed by atoms with Gasteiger partial charge in [-0.05, 0) is 54.3 Å². The van der Waals surface area contributed by atoms with Gasteiger partial charge in [0, 0.05) is 36.4 Å². The number of aromatic nitrogens is 1. The van der Waals surface area contributed by atoms with Gasteiger partial charge >= 0.3 is 0 Å². The van der Waals surface area contributed by atoms with E-state index in [0.29, 0.717) is 30.6 Å². The third kappa shape index (κ3) is 4.55. The van der Waals surface area contributed by atoms with Gasteiger partial charge in [0.1, 0.15) is 11.8 Å². The number of hydrogen-bond donors (Lipinski definition) is 0. The second-order valence-electron chi connectivity index (χ2n) is 8.02. The van der Waals surface area contributed by atoms with E-state index in [1.807, 2.05) is 54.7 Å². The molecule has 1 aromatic carbocycles. The summed E-state index contributed by atoms with van der Waals surface area (Å²) >= 11 is 6.04. The van der Waals surface area contributed by atoms with Gasteiger partial charge in [-0.3, -0.25) is 14.7 Å². The molecule has 31 heavy (non-hydrogen) atoms. The molecule has 7 heteroatoms. The van der Waals surface area contributed by atoms with E-state index in [2.05, 4.69) is 9.88 Å². The fourth-order valence-corrected chi connectivity index (χ4v) is 4.11. The van der Waals surface area contributed by atoms with Crippen LogP contribution in [0.1, 0.15) is 42.2 Å². The molecule has 6 nitrogen and oxygen atoms in total. The number of furan rings is 1. The lowest BCUT2D eigenvalue weighted by atomic mass is 10.0. The van der Waals surface area contributed by atoms with Crippen molar-refractivity contribution in [2.75, 3.05) is 6.54 Å². The predicted octanol–water partition coefficient (Wildman–Crippen LogP) is 4.67. The normalized spacial score (nSPS) is 18.5. The molecule has 1 atom stereocenters. The van der Waals surface area contributed by atoms with Crippen LogP contribution in [0.3, 0.4) is 0 Å².